The van der Waals surface area contributed by atoms with Crippen molar-refractivity contribution in [3.05, 3.63) is 29.6 Å². The Labute approximate surface area is 196 Å². The summed E-state index contributed by atoms with van der Waals surface area (Å²) in [7, 11) is 0. The number of nitrogens with zero attached hydrogens (tertiary/aromatic N) is 3. The van der Waals surface area contributed by atoms with Crippen molar-refractivity contribution in [2.75, 3.05) is 32.8 Å². The maximum Gasteiger partial charge on any atom is 0.398 e. The number of morpholine rings is 1. The molecule has 184 valence electrons. The van der Waals surface area contributed by atoms with Gasteiger partial charge in [-0.25, -0.2) is 4.79 Å². The number of hydrogen-bond donors (Lipinski definition) is 1. The predicted octanol–water partition coefficient (Wildman–Crippen LogP) is 2.64. The van der Waals surface area contributed by atoms with Gasteiger partial charge in [0.05, 0.1) is 17.6 Å². The molecule has 34 heavy (non-hydrogen) atoms. The van der Waals surface area contributed by atoms with Crippen LogP contribution in [0.5, 0.6) is 0 Å². The number of likely N-dealkylation sites (tertiary alicyclic amines) is 2. The number of alkyl halides is 3. The lowest BCUT2D eigenvalue weighted by atomic mass is 9.56. The second kappa shape index (κ2) is 7.57. The topological polar surface area (TPSA) is 74.8 Å². The zero-order valence-corrected chi connectivity index (χ0v) is 18.9. The van der Waals surface area contributed by atoms with Gasteiger partial charge in [0.15, 0.2) is 0 Å². The number of piperidine rings is 1. The maximum atomic E-state index is 13.5. The number of hydrogen-bond acceptors (Lipinski definition) is 4. The number of nitrogens with one attached hydrogen (secondary N) is 1. The second-order valence-corrected chi connectivity index (χ2v) is 11.0. The minimum Gasteiger partial charge on any atom is -0.366 e. The molecule has 1 spiro atoms. The largest absolute Gasteiger partial charge is 0.398 e. The molecule has 2 atom stereocenters. The average Bonchev–Trinajstić information content (AvgIpc) is 3.56. The highest BCUT2D eigenvalue weighted by molar-refractivity contribution is 5.79. The van der Waals surface area contributed by atoms with Gasteiger partial charge < -0.3 is 19.9 Å². The minimum absolute atomic E-state index is 0.0178. The van der Waals surface area contributed by atoms with E-state index in [1.807, 2.05) is 9.80 Å². The van der Waals surface area contributed by atoms with Crippen LogP contribution >= 0.6 is 0 Å². The zero-order chi connectivity index (χ0) is 23.7. The third-order valence-electron chi connectivity index (χ3n) is 8.53. The van der Waals surface area contributed by atoms with E-state index in [9.17, 15) is 22.8 Å². The van der Waals surface area contributed by atoms with E-state index in [4.69, 9.17) is 4.74 Å². The molecule has 0 unspecified atom stereocenters. The molecule has 2 saturated carbocycles. The number of ether oxygens (including phenoxy) is 1. The number of fused-ring (bicyclic) bond motifs is 1. The van der Waals surface area contributed by atoms with E-state index >= 15 is 0 Å². The maximum absolute atomic E-state index is 13.5. The van der Waals surface area contributed by atoms with Gasteiger partial charge in [0.25, 0.3) is 0 Å². The van der Waals surface area contributed by atoms with E-state index in [2.05, 4.69) is 10.3 Å². The number of urea groups is 1. The lowest BCUT2D eigenvalue weighted by Crippen LogP contribution is -2.68. The number of rotatable bonds is 3. The first-order valence-electron chi connectivity index (χ1n) is 12.1. The number of amides is 3. The Morgan fingerprint density at radius 1 is 1.21 bits per heavy atom. The van der Waals surface area contributed by atoms with Crippen LogP contribution in [-0.2, 0) is 21.4 Å². The SMILES string of the molecule is O=C1CO[C@H]2CCN(C(=O)N3CC4(CC(Cc5cncc(C6(C(F)(F)F)CC6)c5)C4)C3)C[C@H]2N1. The fourth-order valence-electron chi connectivity index (χ4n) is 6.59. The van der Waals surface area contributed by atoms with Crippen molar-refractivity contribution < 1.29 is 27.5 Å². The summed E-state index contributed by atoms with van der Waals surface area (Å²) in [6.07, 6.45) is 2.55. The first-order chi connectivity index (χ1) is 16.2. The molecule has 10 heteroatoms. The van der Waals surface area contributed by atoms with Crippen LogP contribution in [0.2, 0.25) is 0 Å². The van der Waals surface area contributed by atoms with Crippen molar-refractivity contribution in [3.63, 3.8) is 0 Å². The summed E-state index contributed by atoms with van der Waals surface area (Å²) in [5, 5.41) is 2.93. The molecule has 0 aromatic carbocycles. The molecule has 6 rings (SSSR count). The summed E-state index contributed by atoms with van der Waals surface area (Å²) in [6.45, 7) is 2.65. The summed E-state index contributed by atoms with van der Waals surface area (Å²) >= 11 is 0. The van der Waals surface area contributed by atoms with Crippen LogP contribution in [0.15, 0.2) is 18.5 Å². The van der Waals surface area contributed by atoms with Crippen molar-refractivity contribution in [2.45, 2.75) is 62.3 Å². The number of carbonyl (C=O) groups excluding carboxylic acids is 2. The minimum atomic E-state index is -4.22. The quantitative estimate of drug-likeness (QED) is 0.725. The predicted molar refractivity (Wildman–Crippen MR) is 115 cm³/mol. The number of pyridine rings is 1. The standard InChI is InChI=1S/C24H29F3N4O3/c25-24(26,27)23(2-3-23)17-6-15(9-28-10-17)5-16-7-22(8-16)13-31(14-22)21(33)30-4-1-19-18(11-30)29-20(32)12-34-19/h6,9-10,16,18-19H,1-5,7-8,11-14H2,(H,29,32)/t18-,19+/m1/s1. The van der Waals surface area contributed by atoms with Crippen molar-refractivity contribution in [3.8, 4) is 0 Å². The molecule has 3 aliphatic heterocycles. The lowest BCUT2D eigenvalue weighted by Gasteiger charge is -2.60. The van der Waals surface area contributed by atoms with Crippen molar-refractivity contribution in [1.29, 1.82) is 0 Å². The van der Waals surface area contributed by atoms with Crippen LogP contribution in [0.4, 0.5) is 18.0 Å². The molecule has 0 radical (unpaired) electrons. The normalized spacial score (nSPS) is 29.7. The van der Waals surface area contributed by atoms with Gasteiger partial charge in [0, 0.05) is 44.0 Å². The first kappa shape index (κ1) is 22.1. The third kappa shape index (κ3) is 3.65. The number of carbonyl (C=O) groups is 2. The van der Waals surface area contributed by atoms with Crippen LogP contribution in [0.25, 0.3) is 0 Å². The lowest BCUT2D eigenvalue weighted by molar-refractivity contribution is -0.160. The van der Waals surface area contributed by atoms with Gasteiger partial charge in [-0.3, -0.25) is 9.78 Å². The molecule has 2 aliphatic carbocycles. The average molecular weight is 479 g/mol. The highest BCUT2D eigenvalue weighted by Crippen LogP contribution is 2.59. The van der Waals surface area contributed by atoms with Crippen molar-refractivity contribution in [1.82, 2.24) is 20.1 Å². The molecule has 3 amide bonds. The van der Waals surface area contributed by atoms with Gasteiger partial charge in [-0.2, -0.15) is 13.2 Å². The molecule has 1 aromatic heterocycles. The fourth-order valence-corrected chi connectivity index (χ4v) is 6.59. The Bertz CT molecular complexity index is 997. The van der Waals surface area contributed by atoms with E-state index in [-0.39, 0.29) is 48.9 Å². The van der Waals surface area contributed by atoms with Gasteiger partial charge in [0.1, 0.15) is 6.61 Å². The number of halogens is 3. The van der Waals surface area contributed by atoms with Crippen molar-refractivity contribution >= 4 is 11.9 Å². The molecular weight excluding hydrogens is 449 g/mol. The van der Waals surface area contributed by atoms with E-state index < -0.39 is 11.6 Å². The molecular formula is C24H29F3N4O3. The van der Waals surface area contributed by atoms with Gasteiger partial charge in [-0.05, 0) is 55.6 Å². The van der Waals surface area contributed by atoms with Crippen LogP contribution in [0.1, 0.15) is 43.2 Å². The molecule has 7 nitrogen and oxygen atoms in total. The van der Waals surface area contributed by atoms with E-state index in [0.29, 0.717) is 24.6 Å². The number of aromatic nitrogens is 1. The molecule has 5 aliphatic rings. The van der Waals surface area contributed by atoms with E-state index in [0.717, 1.165) is 44.3 Å². The third-order valence-corrected chi connectivity index (χ3v) is 8.53. The monoisotopic (exact) mass is 478 g/mol. The molecule has 5 fully saturated rings. The zero-order valence-electron chi connectivity index (χ0n) is 18.9. The summed E-state index contributed by atoms with van der Waals surface area (Å²) < 4.78 is 45.9. The summed E-state index contributed by atoms with van der Waals surface area (Å²) in [5.74, 6) is 0.283. The molecule has 3 saturated heterocycles. The smallest absolute Gasteiger partial charge is 0.366 e. The highest BCUT2D eigenvalue weighted by atomic mass is 19.4. The Hall–Kier alpha value is -2.36. The van der Waals surface area contributed by atoms with Gasteiger partial charge in [-0.1, -0.05) is 6.07 Å². The molecule has 4 heterocycles. The molecule has 1 aromatic rings. The van der Waals surface area contributed by atoms with E-state index in [1.54, 1.807) is 12.3 Å². The van der Waals surface area contributed by atoms with Crippen LogP contribution in [0, 0.1) is 11.3 Å². The van der Waals surface area contributed by atoms with Gasteiger partial charge >= 0.3 is 12.2 Å². The van der Waals surface area contributed by atoms with E-state index in [1.165, 1.54) is 6.20 Å². The van der Waals surface area contributed by atoms with Gasteiger partial charge in [-0.15, -0.1) is 0 Å². The van der Waals surface area contributed by atoms with Crippen LogP contribution in [-0.4, -0.2) is 77.8 Å². The Morgan fingerprint density at radius 2 is 1.97 bits per heavy atom. The summed E-state index contributed by atoms with van der Waals surface area (Å²) in [6, 6.07) is 1.58. The Balaban J connectivity index is 0.996. The second-order valence-electron chi connectivity index (χ2n) is 11.0. The van der Waals surface area contributed by atoms with Crippen molar-refractivity contribution in [2.24, 2.45) is 11.3 Å². The first-order valence-corrected chi connectivity index (χ1v) is 12.1. The van der Waals surface area contributed by atoms with Crippen LogP contribution < -0.4 is 5.32 Å². The Morgan fingerprint density at radius 3 is 2.68 bits per heavy atom. The van der Waals surface area contributed by atoms with Crippen LogP contribution in [0.3, 0.4) is 0 Å². The summed E-state index contributed by atoms with van der Waals surface area (Å²) in [4.78, 5) is 32.4. The summed E-state index contributed by atoms with van der Waals surface area (Å²) in [5.41, 5.74) is -0.363. The van der Waals surface area contributed by atoms with Gasteiger partial charge in [0.2, 0.25) is 5.91 Å². The fraction of sp³-hybridized carbons (Fsp3) is 0.708. The molecule has 1 N–H and O–H groups in total. The molecule has 0 bridgehead atoms. The Kier molecular flexibility index (Phi) is 4.92. The highest BCUT2D eigenvalue weighted by Gasteiger charge is 2.64.